The molecule has 0 bridgehead atoms. The van der Waals surface area contributed by atoms with Crippen molar-refractivity contribution >= 4 is 21.5 Å². The van der Waals surface area contributed by atoms with E-state index in [1.165, 1.54) is 116 Å². The fourth-order valence-electron chi connectivity index (χ4n) is 11.3. The minimum absolute atomic E-state index is 0.304. The summed E-state index contributed by atoms with van der Waals surface area (Å²) in [4.78, 5) is 0. The summed E-state index contributed by atoms with van der Waals surface area (Å²) < 4.78 is 0. The molecule has 0 spiro atoms. The van der Waals surface area contributed by atoms with E-state index in [0.29, 0.717) is 5.92 Å². The maximum atomic E-state index is 2.55. The summed E-state index contributed by atoms with van der Waals surface area (Å²) in [5, 5.41) is 5.05. The van der Waals surface area contributed by atoms with Crippen molar-refractivity contribution < 1.29 is 0 Å². The third kappa shape index (κ3) is 7.00. The van der Waals surface area contributed by atoms with E-state index in [-0.39, 0.29) is 5.41 Å². The van der Waals surface area contributed by atoms with E-state index < -0.39 is 0 Å². The topological polar surface area (TPSA) is 0 Å². The van der Waals surface area contributed by atoms with Gasteiger partial charge in [0.2, 0.25) is 0 Å². The molecule has 0 radical (unpaired) electrons. The summed E-state index contributed by atoms with van der Waals surface area (Å²) in [5.41, 5.74) is 21.3. The van der Waals surface area contributed by atoms with E-state index in [0.717, 1.165) is 6.42 Å². The Morgan fingerprint density at radius 1 is 0.284 bits per heavy atom. The van der Waals surface area contributed by atoms with Crippen LogP contribution in [0.2, 0.25) is 0 Å². The number of benzene rings is 11. The van der Waals surface area contributed by atoms with Crippen molar-refractivity contribution in [2.24, 2.45) is 5.92 Å². The van der Waals surface area contributed by atoms with Gasteiger partial charge in [0.25, 0.3) is 0 Å². The first-order chi connectivity index (χ1) is 33.0. The van der Waals surface area contributed by atoms with Crippen molar-refractivity contribution in [3.05, 3.63) is 265 Å². The Hall–Kier alpha value is -8.06. The molecule has 11 aromatic carbocycles. The van der Waals surface area contributed by atoms with Gasteiger partial charge in [0.15, 0.2) is 0 Å². The predicted molar refractivity (Wildman–Crippen MR) is 285 cm³/mol. The van der Waals surface area contributed by atoms with Gasteiger partial charge in [0.05, 0.1) is 0 Å². The molecule has 0 N–H and O–H groups in total. The lowest BCUT2D eigenvalue weighted by Gasteiger charge is -2.35. The molecule has 0 saturated heterocycles. The first kappa shape index (κ1) is 40.4. The van der Waals surface area contributed by atoms with E-state index in [9.17, 15) is 0 Å². The molecular weight excluding hydrogens is 805 g/mol. The van der Waals surface area contributed by atoms with Gasteiger partial charge in [0, 0.05) is 5.41 Å². The van der Waals surface area contributed by atoms with Crippen LogP contribution in [0.1, 0.15) is 37.0 Å². The van der Waals surface area contributed by atoms with Gasteiger partial charge in [0.1, 0.15) is 0 Å². The zero-order valence-electron chi connectivity index (χ0n) is 38.0. The number of hydrogen-bond acceptors (Lipinski definition) is 0. The van der Waals surface area contributed by atoms with E-state index >= 15 is 0 Å². The molecule has 0 amide bonds. The standard InChI is InChI=1S/C67H50/c1-45(2)44-67(56-37-34-49(35-38-56)46-18-6-3-7-19-46)63-29-17-16-24-57(63)58-39-36-52(43-64(58)67)66-61-27-14-12-25-59(61)65(60-26-13-15-28-62(60)66)51-32-30-50(31-33-51)55-41-53(47-20-8-4-9-21-47)40-54(42-55)48-22-10-5-11-23-48/h3-43,45H,44H2,1-2H3. The van der Waals surface area contributed by atoms with Gasteiger partial charge < -0.3 is 0 Å². The number of fused-ring (bicyclic) bond motifs is 5. The molecular formula is C67H50. The Kier molecular flexibility index (Phi) is 10.1. The average Bonchev–Trinajstić information content (AvgIpc) is 3.67. The molecule has 0 heteroatoms. The van der Waals surface area contributed by atoms with Crippen LogP contribution in [0, 0.1) is 5.92 Å². The highest BCUT2D eigenvalue weighted by molar-refractivity contribution is 6.21. The van der Waals surface area contributed by atoms with Crippen molar-refractivity contribution in [3.8, 4) is 77.9 Å². The molecule has 1 atom stereocenters. The zero-order chi connectivity index (χ0) is 44.9. The molecule has 1 aliphatic carbocycles. The molecule has 0 aromatic heterocycles. The number of hydrogen-bond donors (Lipinski definition) is 0. The molecule has 0 fully saturated rings. The summed E-state index contributed by atoms with van der Waals surface area (Å²) in [6, 6.07) is 92.5. The third-order valence-electron chi connectivity index (χ3n) is 14.2. The van der Waals surface area contributed by atoms with E-state index in [1.54, 1.807) is 0 Å². The van der Waals surface area contributed by atoms with Gasteiger partial charge >= 0.3 is 0 Å². The first-order valence-corrected chi connectivity index (χ1v) is 23.7. The molecule has 11 aromatic rings. The van der Waals surface area contributed by atoms with Gasteiger partial charge in [-0.2, -0.15) is 0 Å². The van der Waals surface area contributed by atoms with Crippen molar-refractivity contribution in [1.29, 1.82) is 0 Å². The average molecular weight is 855 g/mol. The second kappa shape index (κ2) is 16.7. The minimum atomic E-state index is -0.304. The molecule has 12 rings (SSSR count). The Labute approximate surface area is 394 Å². The summed E-state index contributed by atoms with van der Waals surface area (Å²) >= 11 is 0. The molecule has 1 unspecified atom stereocenters. The van der Waals surface area contributed by atoms with Crippen LogP contribution in [0.25, 0.3) is 99.4 Å². The van der Waals surface area contributed by atoms with Gasteiger partial charge in [-0.3, -0.25) is 0 Å². The molecule has 0 heterocycles. The Morgan fingerprint density at radius 3 is 1.15 bits per heavy atom. The summed E-state index contributed by atoms with van der Waals surface area (Å²) in [5.74, 6) is 0.461. The minimum Gasteiger partial charge on any atom is -0.0627 e. The molecule has 0 aliphatic heterocycles. The normalized spacial score (nSPS) is 14.1. The Balaban J connectivity index is 1.01. The molecule has 67 heavy (non-hydrogen) atoms. The summed E-state index contributed by atoms with van der Waals surface area (Å²) in [6.45, 7) is 4.75. The Morgan fingerprint density at radius 2 is 0.642 bits per heavy atom. The maximum absolute atomic E-state index is 2.55. The fourth-order valence-corrected chi connectivity index (χ4v) is 11.3. The smallest absolute Gasteiger partial charge is 0.0466 e. The molecule has 1 aliphatic rings. The van der Waals surface area contributed by atoms with Crippen molar-refractivity contribution in [1.82, 2.24) is 0 Å². The van der Waals surface area contributed by atoms with Crippen LogP contribution in [0.15, 0.2) is 249 Å². The highest BCUT2D eigenvalue weighted by atomic mass is 14.5. The van der Waals surface area contributed by atoms with Crippen molar-refractivity contribution in [2.45, 2.75) is 25.7 Å². The third-order valence-corrected chi connectivity index (χ3v) is 14.2. The maximum Gasteiger partial charge on any atom is 0.0466 e. The Bertz CT molecular complexity index is 3470. The lowest BCUT2D eigenvalue weighted by molar-refractivity contribution is 0.461. The van der Waals surface area contributed by atoms with Crippen LogP contribution in [0.3, 0.4) is 0 Å². The number of rotatable bonds is 9. The lowest BCUT2D eigenvalue weighted by atomic mass is 9.67. The summed E-state index contributed by atoms with van der Waals surface area (Å²) in [7, 11) is 0. The summed E-state index contributed by atoms with van der Waals surface area (Å²) in [6.07, 6.45) is 1.01. The largest absolute Gasteiger partial charge is 0.0627 e. The van der Waals surface area contributed by atoms with Gasteiger partial charge in [-0.05, 0) is 153 Å². The van der Waals surface area contributed by atoms with E-state index in [1.807, 2.05) is 0 Å². The van der Waals surface area contributed by atoms with Crippen LogP contribution in [0.5, 0.6) is 0 Å². The van der Waals surface area contributed by atoms with E-state index in [2.05, 4.69) is 263 Å². The van der Waals surface area contributed by atoms with Crippen LogP contribution < -0.4 is 0 Å². The van der Waals surface area contributed by atoms with Gasteiger partial charge in [-0.1, -0.05) is 238 Å². The molecule has 0 saturated carbocycles. The van der Waals surface area contributed by atoms with Crippen LogP contribution >= 0.6 is 0 Å². The second-order valence-corrected chi connectivity index (χ2v) is 18.7. The van der Waals surface area contributed by atoms with Gasteiger partial charge in [-0.15, -0.1) is 0 Å². The van der Waals surface area contributed by atoms with Gasteiger partial charge in [-0.25, -0.2) is 0 Å². The van der Waals surface area contributed by atoms with E-state index in [4.69, 9.17) is 0 Å². The predicted octanol–water partition coefficient (Wildman–Crippen LogP) is 18.4. The molecule has 318 valence electrons. The van der Waals surface area contributed by atoms with Crippen molar-refractivity contribution in [3.63, 3.8) is 0 Å². The monoisotopic (exact) mass is 854 g/mol. The quantitative estimate of drug-likeness (QED) is 0.127. The highest BCUT2D eigenvalue weighted by Gasteiger charge is 2.45. The fraction of sp³-hybridized carbons (Fsp3) is 0.0746. The van der Waals surface area contributed by atoms with Crippen LogP contribution in [0.4, 0.5) is 0 Å². The zero-order valence-corrected chi connectivity index (χ0v) is 38.0. The highest BCUT2D eigenvalue weighted by Crippen LogP contribution is 2.57. The SMILES string of the molecule is CC(C)CC1(c2ccc(-c3ccccc3)cc2)c2ccccc2-c2ccc(-c3c4ccccc4c(-c4ccc(-c5cc(-c6ccccc6)cc(-c6ccccc6)c5)cc4)c4ccccc34)cc21. The lowest BCUT2D eigenvalue weighted by Crippen LogP contribution is -2.29. The molecule has 0 nitrogen and oxygen atoms in total. The first-order valence-electron chi connectivity index (χ1n) is 23.7. The van der Waals surface area contributed by atoms with Crippen LogP contribution in [-0.4, -0.2) is 0 Å². The van der Waals surface area contributed by atoms with Crippen molar-refractivity contribution in [2.75, 3.05) is 0 Å². The van der Waals surface area contributed by atoms with Crippen LogP contribution in [-0.2, 0) is 5.41 Å². The second-order valence-electron chi connectivity index (χ2n) is 18.7.